The van der Waals surface area contributed by atoms with Crippen LogP contribution >= 0.6 is 27.5 Å². The second-order valence-corrected chi connectivity index (χ2v) is 9.30. The standard InChI is InChI=1S/C25H22BrClN2O3/c1-13-18(12-28)24(17-10-22(31-2)23(32-3)11-19(17)26)25-20(29-13)8-15(9-21(25)30)14-4-6-16(27)7-5-14/h4-7,10-11,15,18,24H,8-9H2,1-3H3/t15-,18?,24+/m0/s1. The van der Waals surface area contributed by atoms with E-state index in [2.05, 4.69) is 22.0 Å². The van der Waals surface area contributed by atoms with E-state index in [9.17, 15) is 10.1 Å². The molecule has 1 unspecified atom stereocenters. The van der Waals surface area contributed by atoms with Gasteiger partial charge in [0.2, 0.25) is 0 Å². The van der Waals surface area contributed by atoms with Crippen molar-refractivity contribution < 1.29 is 14.3 Å². The number of hydrogen-bond acceptors (Lipinski definition) is 5. The minimum absolute atomic E-state index is 0.0226. The number of methoxy groups -OCH3 is 2. The van der Waals surface area contributed by atoms with Gasteiger partial charge in [0.25, 0.3) is 0 Å². The van der Waals surface area contributed by atoms with Crippen LogP contribution in [-0.2, 0) is 4.79 Å². The number of nitrogens with zero attached hydrogens (tertiary/aromatic N) is 2. The Labute approximate surface area is 200 Å². The molecule has 32 heavy (non-hydrogen) atoms. The molecule has 0 spiro atoms. The van der Waals surface area contributed by atoms with Gasteiger partial charge in [-0.3, -0.25) is 9.79 Å². The van der Waals surface area contributed by atoms with E-state index < -0.39 is 11.8 Å². The van der Waals surface area contributed by atoms with Crippen molar-refractivity contribution in [3.05, 3.63) is 68.3 Å². The molecule has 2 aromatic carbocycles. The number of nitriles is 1. The highest BCUT2D eigenvalue weighted by Gasteiger charge is 2.42. The Hall–Kier alpha value is -2.62. The van der Waals surface area contributed by atoms with Gasteiger partial charge in [-0.2, -0.15) is 5.26 Å². The summed E-state index contributed by atoms with van der Waals surface area (Å²) in [6, 6.07) is 13.6. The molecule has 1 heterocycles. The normalized spacial score (nSPS) is 22.7. The van der Waals surface area contributed by atoms with Crippen LogP contribution in [-0.4, -0.2) is 25.7 Å². The Kier molecular flexibility index (Phi) is 6.41. The first-order chi connectivity index (χ1) is 15.4. The van der Waals surface area contributed by atoms with Gasteiger partial charge < -0.3 is 9.47 Å². The molecule has 5 nitrogen and oxygen atoms in total. The average molecular weight is 514 g/mol. The van der Waals surface area contributed by atoms with E-state index in [1.165, 1.54) is 0 Å². The molecule has 3 atom stereocenters. The van der Waals surface area contributed by atoms with Gasteiger partial charge >= 0.3 is 0 Å². The Morgan fingerprint density at radius 3 is 2.41 bits per heavy atom. The summed E-state index contributed by atoms with van der Waals surface area (Å²) in [5, 5.41) is 10.7. The Bertz CT molecular complexity index is 1180. The van der Waals surface area contributed by atoms with Crippen LogP contribution in [0.25, 0.3) is 0 Å². The van der Waals surface area contributed by atoms with Crippen LogP contribution in [0.1, 0.15) is 42.7 Å². The van der Waals surface area contributed by atoms with Gasteiger partial charge in [0.15, 0.2) is 17.3 Å². The quantitative estimate of drug-likeness (QED) is 0.487. The first kappa shape index (κ1) is 22.6. The number of ether oxygens (including phenoxy) is 2. The molecule has 0 fully saturated rings. The lowest BCUT2D eigenvalue weighted by Gasteiger charge is -2.35. The number of Topliss-reactive ketones (excluding diaryl/α,β-unsaturated/α-hetero) is 1. The smallest absolute Gasteiger partial charge is 0.161 e. The van der Waals surface area contributed by atoms with Gasteiger partial charge in [-0.15, -0.1) is 0 Å². The van der Waals surface area contributed by atoms with Crippen molar-refractivity contribution in [2.45, 2.75) is 31.6 Å². The molecule has 2 aliphatic rings. The van der Waals surface area contributed by atoms with Crippen LogP contribution in [0.5, 0.6) is 11.5 Å². The third kappa shape index (κ3) is 3.96. The predicted octanol–water partition coefficient (Wildman–Crippen LogP) is 6.22. The van der Waals surface area contributed by atoms with Gasteiger partial charge in [0.1, 0.15) is 0 Å². The zero-order valence-corrected chi connectivity index (χ0v) is 20.3. The fourth-order valence-corrected chi connectivity index (χ4v) is 5.34. The van der Waals surface area contributed by atoms with Gasteiger partial charge in [-0.05, 0) is 54.7 Å². The summed E-state index contributed by atoms with van der Waals surface area (Å²) in [5.41, 5.74) is 3.97. The van der Waals surface area contributed by atoms with Crippen molar-refractivity contribution in [2.75, 3.05) is 14.2 Å². The Morgan fingerprint density at radius 1 is 1.12 bits per heavy atom. The van der Waals surface area contributed by atoms with Crippen LogP contribution in [0.2, 0.25) is 5.02 Å². The molecule has 7 heteroatoms. The zero-order chi connectivity index (χ0) is 23.0. The van der Waals surface area contributed by atoms with E-state index in [0.717, 1.165) is 21.3 Å². The van der Waals surface area contributed by atoms with Crippen LogP contribution in [0.4, 0.5) is 0 Å². The molecule has 164 valence electrons. The molecule has 0 amide bonds. The maximum Gasteiger partial charge on any atom is 0.161 e. The number of carbonyl (C=O) groups is 1. The van der Waals surface area contributed by atoms with E-state index in [4.69, 9.17) is 26.1 Å². The number of carbonyl (C=O) groups excluding carboxylic acids is 1. The summed E-state index contributed by atoms with van der Waals surface area (Å²) in [5.74, 6) is 0.203. The van der Waals surface area contributed by atoms with Crippen molar-refractivity contribution >= 4 is 39.0 Å². The second-order valence-electron chi connectivity index (χ2n) is 8.01. The van der Waals surface area contributed by atoms with Crippen LogP contribution in [0.3, 0.4) is 0 Å². The molecule has 1 aliphatic heterocycles. The van der Waals surface area contributed by atoms with E-state index in [1.54, 1.807) is 14.2 Å². The molecular formula is C25H22BrClN2O3. The molecule has 2 aromatic rings. The minimum Gasteiger partial charge on any atom is -0.493 e. The molecule has 0 N–H and O–H groups in total. The molecule has 0 aromatic heterocycles. The summed E-state index contributed by atoms with van der Waals surface area (Å²) in [6.45, 7) is 1.86. The lowest BCUT2D eigenvalue weighted by atomic mass is 9.69. The highest BCUT2D eigenvalue weighted by atomic mass is 79.9. The van der Waals surface area contributed by atoms with E-state index >= 15 is 0 Å². The average Bonchev–Trinajstić information content (AvgIpc) is 2.78. The van der Waals surface area contributed by atoms with Crippen molar-refractivity contribution in [1.29, 1.82) is 5.26 Å². The molecule has 0 radical (unpaired) electrons. The number of ketones is 1. The molecular weight excluding hydrogens is 492 g/mol. The van der Waals surface area contributed by atoms with Crippen LogP contribution in [0, 0.1) is 17.2 Å². The summed E-state index contributed by atoms with van der Waals surface area (Å²) in [6.07, 6.45) is 1.01. The lowest BCUT2D eigenvalue weighted by molar-refractivity contribution is -0.116. The predicted molar refractivity (Wildman–Crippen MR) is 128 cm³/mol. The maximum absolute atomic E-state index is 13.5. The second kappa shape index (κ2) is 9.09. The number of halogens is 2. The van der Waals surface area contributed by atoms with Gasteiger partial charge in [0.05, 0.1) is 26.2 Å². The number of hydrogen-bond donors (Lipinski definition) is 0. The first-order valence-electron chi connectivity index (χ1n) is 10.3. The van der Waals surface area contributed by atoms with Crippen molar-refractivity contribution in [3.8, 4) is 17.6 Å². The Balaban J connectivity index is 1.83. The summed E-state index contributed by atoms with van der Waals surface area (Å²) < 4.78 is 11.7. The molecule has 0 bridgehead atoms. The molecule has 4 rings (SSSR count). The maximum atomic E-state index is 13.5. The largest absolute Gasteiger partial charge is 0.493 e. The monoisotopic (exact) mass is 512 g/mol. The molecule has 1 aliphatic carbocycles. The number of benzene rings is 2. The van der Waals surface area contributed by atoms with Crippen LogP contribution in [0.15, 0.2) is 57.1 Å². The van der Waals surface area contributed by atoms with E-state index in [0.29, 0.717) is 40.6 Å². The van der Waals surface area contributed by atoms with Crippen molar-refractivity contribution in [2.24, 2.45) is 10.9 Å². The van der Waals surface area contributed by atoms with Crippen LogP contribution < -0.4 is 9.47 Å². The summed E-state index contributed by atoms with van der Waals surface area (Å²) in [4.78, 5) is 18.2. The number of rotatable bonds is 4. The van der Waals surface area contributed by atoms with E-state index in [-0.39, 0.29) is 11.7 Å². The fourth-order valence-electron chi connectivity index (χ4n) is 4.64. The third-order valence-corrected chi connectivity index (χ3v) is 7.15. The zero-order valence-electron chi connectivity index (χ0n) is 18.0. The first-order valence-corrected chi connectivity index (χ1v) is 11.4. The van der Waals surface area contributed by atoms with E-state index in [1.807, 2.05) is 43.3 Å². The highest BCUT2D eigenvalue weighted by Crippen LogP contribution is 2.49. The van der Waals surface area contributed by atoms with Gasteiger partial charge in [-0.1, -0.05) is 39.7 Å². The minimum atomic E-state index is -0.542. The third-order valence-electron chi connectivity index (χ3n) is 6.21. The van der Waals surface area contributed by atoms with Gasteiger partial charge in [0, 0.05) is 38.8 Å². The Morgan fingerprint density at radius 2 is 1.78 bits per heavy atom. The lowest BCUT2D eigenvalue weighted by Crippen LogP contribution is -2.32. The molecule has 0 saturated heterocycles. The van der Waals surface area contributed by atoms with Gasteiger partial charge in [-0.25, -0.2) is 0 Å². The topological polar surface area (TPSA) is 71.7 Å². The summed E-state index contributed by atoms with van der Waals surface area (Å²) >= 11 is 9.66. The van der Waals surface area contributed by atoms with Crippen molar-refractivity contribution in [1.82, 2.24) is 0 Å². The summed E-state index contributed by atoms with van der Waals surface area (Å²) in [7, 11) is 3.14. The number of aliphatic imine (C=N–C) groups is 1. The number of allylic oxidation sites excluding steroid dienone is 2. The highest BCUT2D eigenvalue weighted by molar-refractivity contribution is 9.10. The van der Waals surface area contributed by atoms with Crippen molar-refractivity contribution in [3.63, 3.8) is 0 Å². The SMILES string of the molecule is COc1cc(Br)c([C@H]2C3=C(C[C@H](c4ccc(Cl)cc4)CC3=O)N=C(C)C2C#N)cc1OC. The molecule has 0 saturated carbocycles. The fraction of sp³-hybridized carbons (Fsp3) is 0.320.